The standard InChI is InChI=1S/C22H25N3O4S/c1-22(2,3)29-21(28)24-13-19(26)25(20(27)14-24)17-6-4-5-7-18(17)30-16-10-8-15(12-23)9-11-16/h4-11H,12-14,23H2,1-3H3. The van der Waals surface area contributed by atoms with Gasteiger partial charge in [-0.3, -0.25) is 14.5 Å². The summed E-state index contributed by atoms with van der Waals surface area (Å²) in [7, 11) is 0. The van der Waals surface area contributed by atoms with Crippen molar-refractivity contribution in [3.63, 3.8) is 0 Å². The van der Waals surface area contributed by atoms with E-state index in [1.54, 1.807) is 32.9 Å². The number of anilines is 1. The molecule has 0 radical (unpaired) electrons. The van der Waals surface area contributed by atoms with Crippen molar-refractivity contribution in [2.75, 3.05) is 18.0 Å². The molecule has 2 aromatic carbocycles. The zero-order valence-corrected chi connectivity index (χ0v) is 18.1. The third-order valence-corrected chi connectivity index (χ3v) is 5.37. The Morgan fingerprint density at radius 1 is 1.03 bits per heavy atom. The Kier molecular flexibility index (Phi) is 6.48. The van der Waals surface area contributed by atoms with E-state index in [1.807, 2.05) is 36.4 Å². The summed E-state index contributed by atoms with van der Waals surface area (Å²) in [4.78, 5) is 41.9. The van der Waals surface area contributed by atoms with Gasteiger partial charge < -0.3 is 10.5 Å². The molecule has 1 fully saturated rings. The summed E-state index contributed by atoms with van der Waals surface area (Å²) in [6.45, 7) is 5.23. The average Bonchev–Trinajstić information content (AvgIpc) is 2.68. The van der Waals surface area contributed by atoms with Crippen LogP contribution in [-0.4, -0.2) is 41.5 Å². The number of ether oxygens (including phenoxy) is 1. The van der Waals surface area contributed by atoms with Crippen molar-refractivity contribution >= 4 is 35.4 Å². The molecule has 3 amide bonds. The van der Waals surface area contributed by atoms with Gasteiger partial charge in [0.05, 0.1) is 5.69 Å². The molecule has 0 aliphatic carbocycles. The number of piperazine rings is 1. The largest absolute Gasteiger partial charge is 0.444 e. The van der Waals surface area contributed by atoms with Gasteiger partial charge in [0, 0.05) is 16.3 Å². The van der Waals surface area contributed by atoms with E-state index < -0.39 is 23.5 Å². The van der Waals surface area contributed by atoms with E-state index in [0.717, 1.165) is 25.2 Å². The highest BCUT2D eigenvalue weighted by Crippen LogP contribution is 2.36. The molecule has 0 atom stereocenters. The predicted octanol–water partition coefficient (Wildman–Crippen LogP) is 3.41. The first-order chi connectivity index (χ1) is 14.2. The van der Waals surface area contributed by atoms with Gasteiger partial charge in [-0.2, -0.15) is 0 Å². The highest BCUT2D eigenvalue weighted by Gasteiger charge is 2.37. The van der Waals surface area contributed by atoms with Gasteiger partial charge >= 0.3 is 6.09 Å². The molecule has 1 saturated heterocycles. The number of para-hydroxylation sites is 1. The van der Waals surface area contributed by atoms with Crippen LogP contribution < -0.4 is 10.6 Å². The van der Waals surface area contributed by atoms with Crippen LogP contribution in [0.15, 0.2) is 58.3 Å². The first-order valence-electron chi connectivity index (χ1n) is 9.57. The summed E-state index contributed by atoms with van der Waals surface area (Å²) in [6, 6.07) is 15.0. The van der Waals surface area contributed by atoms with Gasteiger partial charge in [-0.1, -0.05) is 36.0 Å². The molecule has 1 aliphatic rings. The number of carbonyl (C=O) groups is 3. The first kappa shape index (κ1) is 21.9. The minimum absolute atomic E-state index is 0.217. The Labute approximate surface area is 180 Å². The van der Waals surface area contributed by atoms with Crippen LogP contribution in [0, 0.1) is 0 Å². The van der Waals surface area contributed by atoms with Crippen molar-refractivity contribution in [3.05, 3.63) is 54.1 Å². The normalized spacial score (nSPS) is 14.8. The Morgan fingerprint density at radius 2 is 1.63 bits per heavy atom. The maximum Gasteiger partial charge on any atom is 0.411 e. The topological polar surface area (TPSA) is 92.9 Å². The lowest BCUT2D eigenvalue weighted by Crippen LogP contribution is -2.56. The Hall–Kier alpha value is -2.84. The molecule has 7 nitrogen and oxygen atoms in total. The fourth-order valence-electron chi connectivity index (χ4n) is 2.94. The van der Waals surface area contributed by atoms with Crippen LogP contribution in [-0.2, 0) is 20.9 Å². The van der Waals surface area contributed by atoms with Gasteiger partial charge in [-0.25, -0.2) is 9.69 Å². The van der Waals surface area contributed by atoms with Gasteiger partial charge in [0.1, 0.15) is 18.7 Å². The molecule has 1 aliphatic heterocycles. The van der Waals surface area contributed by atoms with Crippen molar-refractivity contribution in [2.45, 2.75) is 42.7 Å². The number of nitrogens with zero attached hydrogens (tertiary/aromatic N) is 2. The van der Waals surface area contributed by atoms with Gasteiger partial charge in [-0.05, 0) is 50.6 Å². The average molecular weight is 428 g/mol. The zero-order chi connectivity index (χ0) is 21.9. The number of carbonyl (C=O) groups excluding carboxylic acids is 3. The molecular formula is C22H25N3O4S. The lowest BCUT2D eigenvalue weighted by atomic mass is 10.2. The van der Waals surface area contributed by atoms with Crippen LogP contribution in [0.2, 0.25) is 0 Å². The van der Waals surface area contributed by atoms with Crippen molar-refractivity contribution in [2.24, 2.45) is 5.73 Å². The summed E-state index contributed by atoms with van der Waals surface area (Å²) in [5.74, 6) is -0.938. The van der Waals surface area contributed by atoms with Crippen molar-refractivity contribution in [1.29, 1.82) is 0 Å². The van der Waals surface area contributed by atoms with Gasteiger partial charge in [0.15, 0.2) is 0 Å². The van der Waals surface area contributed by atoms with Crippen LogP contribution in [0.1, 0.15) is 26.3 Å². The second kappa shape index (κ2) is 8.89. The second-order valence-electron chi connectivity index (χ2n) is 7.88. The third kappa shape index (κ3) is 5.20. The molecule has 8 heteroatoms. The zero-order valence-electron chi connectivity index (χ0n) is 17.3. The Bertz CT molecular complexity index is 936. The summed E-state index contributed by atoms with van der Waals surface area (Å²) in [6.07, 6.45) is -0.675. The molecule has 1 heterocycles. The van der Waals surface area contributed by atoms with E-state index >= 15 is 0 Å². The van der Waals surface area contributed by atoms with E-state index in [9.17, 15) is 14.4 Å². The maximum absolute atomic E-state index is 12.8. The van der Waals surface area contributed by atoms with Crippen LogP contribution in [0.5, 0.6) is 0 Å². The number of rotatable bonds is 4. The highest BCUT2D eigenvalue weighted by molar-refractivity contribution is 7.99. The predicted molar refractivity (Wildman–Crippen MR) is 115 cm³/mol. The van der Waals surface area contributed by atoms with Crippen molar-refractivity contribution in [3.8, 4) is 0 Å². The minimum Gasteiger partial charge on any atom is -0.444 e. The quantitative estimate of drug-likeness (QED) is 0.752. The summed E-state index contributed by atoms with van der Waals surface area (Å²) < 4.78 is 5.29. The second-order valence-corrected chi connectivity index (χ2v) is 8.99. The molecule has 30 heavy (non-hydrogen) atoms. The van der Waals surface area contributed by atoms with Gasteiger partial charge in [-0.15, -0.1) is 0 Å². The molecule has 0 spiro atoms. The molecule has 0 saturated carbocycles. The SMILES string of the molecule is CC(C)(C)OC(=O)N1CC(=O)N(c2ccccc2Sc2ccc(CN)cc2)C(=O)C1. The molecule has 2 N–H and O–H groups in total. The van der Waals surface area contributed by atoms with Crippen LogP contribution in [0.4, 0.5) is 10.5 Å². The molecule has 0 aromatic heterocycles. The molecule has 0 unspecified atom stereocenters. The molecular weight excluding hydrogens is 402 g/mol. The van der Waals surface area contributed by atoms with Crippen LogP contribution >= 0.6 is 11.8 Å². The van der Waals surface area contributed by atoms with E-state index in [-0.39, 0.29) is 13.1 Å². The number of amides is 3. The van der Waals surface area contributed by atoms with Crippen molar-refractivity contribution in [1.82, 2.24) is 4.90 Å². The minimum atomic E-state index is -0.705. The monoisotopic (exact) mass is 427 g/mol. The smallest absolute Gasteiger partial charge is 0.411 e. The Balaban J connectivity index is 1.80. The lowest BCUT2D eigenvalue weighted by Gasteiger charge is -2.34. The molecule has 0 bridgehead atoms. The van der Waals surface area contributed by atoms with E-state index in [1.165, 1.54) is 11.8 Å². The number of hydrogen-bond acceptors (Lipinski definition) is 6. The van der Waals surface area contributed by atoms with E-state index in [0.29, 0.717) is 12.2 Å². The van der Waals surface area contributed by atoms with E-state index in [2.05, 4.69) is 0 Å². The van der Waals surface area contributed by atoms with E-state index in [4.69, 9.17) is 10.5 Å². The first-order valence-corrected chi connectivity index (χ1v) is 10.4. The maximum atomic E-state index is 12.8. The van der Waals surface area contributed by atoms with Crippen LogP contribution in [0.25, 0.3) is 0 Å². The van der Waals surface area contributed by atoms with Crippen LogP contribution in [0.3, 0.4) is 0 Å². The number of hydrogen-bond donors (Lipinski definition) is 1. The lowest BCUT2D eigenvalue weighted by molar-refractivity contribution is -0.131. The summed E-state index contributed by atoms with van der Waals surface area (Å²) in [5.41, 5.74) is 6.47. The van der Waals surface area contributed by atoms with Crippen molar-refractivity contribution < 1.29 is 19.1 Å². The highest BCUT2D eigenvalue weighted by atomic mass is 32.2. The fraction of sp³-hybridized carbons (Fsp3) is 0.318. The number of benzene rings is 2. The van der Waals surface area contributed by atoms with Gasteiger partial charge in [0.2, 0.25) is 0 Å². The number of nitrogens with two attached hydrogens (primary N) is 1. The molecule has 2 aromatic rings. The Morgan fingerprint density at radius 3 is 2.20 bits per heavy atom. The fourth-order valence-corrected chi connectivity index (χ4v) is 3.87. The van der Waals surface area contributed by atoms with Gasteiger partial charge in [0.25, 0.3) is 11.8 Å². The molecule has 158 valence electrons. The third-order valence-electron chi connectivity index (χ3n) is 4.30. The molecule has 3 rings (SSSR count). The number of imide groups is 1. The summed E-state index contributed by atoms with van der Waals surface area (Å²) in [5, 5.41) is 0. The summed E-state index contributed by atoms with van der Waals surface area (Å²) >= 11 is 1.45.